The van der Waals surface area contributed by atoms with Crippen LogP contribution in [0, 0.1) is 12.8 Å². The quantitative estimate of drug-likeness (QED) is 0.874. The average Bonchev–Trinajstić information content (AvgIpc) is 2.85. The van der Waals surface area contributed by atoms with E-state index in [1.807, 2.05) is 6.92 Å². The first-order valence-electron chi connectivity index (χ1n) is 9.02. The summed E-state index contributed by atoms with van der Waals surface area (Å²) in [5.74, 6) is 0.511. The molecule has 2 aliphatic rings. The Kier molecular flexibility index (Phi) is 5.04. The minimum atomic E-state index is -2.91. The highest BCUT2D eigenvalue weighted by molar-refractivity contribution is 7.90. The van der Waals surface area contributed by atoms with Crippen LogP contribution in [0.15, 0.2) is 0 Å². The number of amides is 1. The number of hydrogen-bond donors (Lipinski definition) is 2. The van der Waals surface area contributed by atoms with Crippen LogP contribution in [0.4, 0.5) is 0 Å². The number of nitrogens with one attached hydrogen (secondary N) is 2. The van der Waals surface area contributed by atoms with Gasteiger partial charge in [0.25, 0.3) is 5.91 Å². The third-order valence-corrected chi connectivity index (χ3v) is 6.60. The average molecular weight is 353 g/mol. The molecule has 0 aliphatic heterocycles. The highest BCUT2D eigenvalue weighted by Crippen LogP contribution is 2.28. The Morgan fingerprint density at radius 1 is 1.17 bits per heavy atom. The Bertz CT molecular complexity index is 713. The highest BCUT2D eigenvalue weighted by atomic mass is 32.2. The molecule has 0 unspecified atom stereocenters. The van der Waals surface area contributed by atoms with Crippen molar-refractivity contribution in [3.63, 3.8) is 0 Å². The van der Waals surface area contributed by atoms with Crippen LogP contribution in [-0.2, 0) is 22.7 Å². The predicted molar refractivity (Wildman–Crippen MR) is 95.1 cm³/mol. The zero-order valence-electron chi connectivity index (χ0n) is 14.7. The van der Waals surface area contributed by atoms with Crippen LogP contribution in [0.3, 0.4) is 0 Å². The van der Waals surface area contributed by atoms with Gasteiger partial charge >= 0.3 is 0 Å². The highest BCUT2D eigenvalue weighted by Gasteiger charge is 2.27. The molecule has 2 N–H and O–H groups in total. The number of carbonyl (C=O) groups excluding carboxylic acids is 1. The number of carbonyl (C=O) groups is 1. The van der Waals surface area contributed by atoms with Crippen LogP contribution in [0.1, 0.15) is 65.8 Å². The number of hydrogen-bond acceptors (Lipinski definition) is 3. The van der Waals surface area contributed by atoms with Crippen molar-refractivity contribution in [2.45, 2.75) is 64.3 Å². The van der Waals surface area contributed by atoms with Gasteiger partial charge in [0.2, 0.25) is 0 Å². The molecule has 1 aromatic heterocycles. The lowest BCUT2D eigenvalue weighted by atomic mass is 9.87. The van der Waals surface area contributed by atoms with E-state index < -0.39 is 9.84 Å². The summed E-state index contributed by atoms with van der Waals surface area (Å²) in [5, 5.41) is 3.15. The maximum Gasteiger partial charge on any atom is 0.268 e. The van der Waals surface area contributed by atoms with Crippen LogP contribution < -0.4 is 5.32 Å². The first-order valence-corrected chi connectivity index (χ1v) is 11.1. The number of sulfone groups is 1. The van der Waals surface area contributed by atoms with Gasteiger partial charge in [-0.15, -0.1) is 0 Å². The number of aromatic nitrogens is 1. The molecule has 24 heavy (non-hydrogen) atoms. The van der Waals surface area contributed by atoms with Crippen LogP contribution in [-0.4, -0.2) is 37.4 Å². The van der Waals surface area contributed by atoms with Crippen molar-refractivity contribution in [2.24, 2.45) is 5.92 Å². The van der Waals surface area contributed by atoms with Crippen LogP contribution in [0.5, 0.6) is 0 Å². The van der Waals surface area contributed by atoms with Gasteiger partial charge in [0.05, 0.1) is 5.75 Å². The largest absolute Gasteiger partial charge is 0.354 e. The van der Waals surface area contributed by atoms with E-state index in [9.17, 15) is 13.2 Å². The summed E-state index contributed by atoms with van der Waals surface area (Å²) in [5.41, 5.74) is 4.40. The number of aryl methyl sites for hydroxylation is 1. The topological polar surface area (TPSA) is 79.0 Å². The molecule has 1 heterocycles. The molecule has 0 aromatic carbocycles. The maximum atomic E-state index is 12.6. The van der Waals surface area contributed by atoms with Gasteiger partial charge in [-0.3, -0.25) is 4.79 Å². The molecule has 1 aromatic rings. The normalized spacial score (nSPS) is 24.4. The maximum absolute atomic E-state index is 12.6. The standard InChI is InChI=1S/C18H28N2O3S/c1-12-15-5-3-4-6-16(15)20-17(12)18(21)19-14-9-7-13(8-10-14)11-24(2,22)23/h13-14,20H,3-11H2,1-2H3,(H,19,21). The molecule has 1 saturated carbocycles. The number of H-pyrrole nitrogens is 1. The zero-order valence-corrected chi connectivity index (χ0v) is 15.5. The van der Waals surface area contributed by atoms with Crippen LogP contribution in [0.2, 0.25) is 0 Å². The molecule has 0 spiro atoms. The van der Waals surface area contributed by atoms with Crippen molar-refractivity contribution in [2.75, 3.05) is 12.0 Å². The SMILES string of the molecule is Cc1c(C(=O)NC2CCC(CS(C)(=O)=O)CC2)[nH]c2c1CCCC2. The molecule has 3 rings (SSSR count). The smallest absolute Gasteiger partial charge is 0.268 e. The molecule has 0 radical (unpaired) electrons. The number of aromatic amines is 1. The minimum Gasteiger partial charge on any atom is -0.354 e. The Labute approximate surface area is 144 Å². The second kappa shape index (κ2) is 6.90. The van der Waals surface area contributed by atoms with E-state index in [-0.39, 0.29) is 23.6 Å². The van der Waals surface area contributed by atoms with E-state index in [2.05, 4.69) is 10.3 Å². The van der Waals surface area contributed by atoms with Crippen molar-refractivity contribution in [1.29, 1.82) is 0 Å². The Hall–Kier alpha value is -1.30. The van der Waals surface area contributed by atoms with Gasteiger partial charge in [0.1, 0.15) is 15.5 Å². The van der Waals surface area contributed by atoms with Gasteiger partial charge in [0.15, 0.2) is 0 Å². The van der Waals surface area contributed by atoms with E-state index >= 15 is 0 Å². The summed E-state index contributed by atoms with van der Waals surface area (Å²) in [6.07, 6.45) is 9.29. The molecular formula is C18H28N2O3S. The number of fused-ring (bicyclic) bond motifs is 1. The monoisotopic (exact) mass is 352 g/mol. The van der Waals surface area contributed by atoms with E-state index in [4.69, 9.17) is 0 Å². The van der Waals surface area contributed by atoms with E-state index in [0.717, 1.165) is 49.8 Å². The number of rotatable bonds is 4. The fourth-order valence-corrected chi connectivity index (χ4v) is 5.43. The van der Waals surface area contributed by atoms with Gasteiger partial charge in [-0.1, -0.05) is 0 Å². The van der Waals surface area contributed by atoms with Crippen molar-refractivity contribution in [3.8, 4) is 0 Å². The van der Waals surface area contributed by atoms with Gasteiger partial charge in [-0.2, -0.15) is 0 Å². The second-order valence-corrected chi connectivity index (χ2v) is 9.76. The van der Waals surface area contributed by atoms with Crippen molar-refractivity contribution >= 4 is 15.7 Å². The summed E-state index contributed by atoms with van der Waals surface area (Å²) in [7, 11) is -2.91. The lowest BCUT2D eigenvalue weighted by Gasteiger charge is -2.28. The Morgan fingerprint density at radius 2 is 1.83 bits per heavy atom. The molecular weight excluding hydrogens is 324 g/mol. The molecule has 134 valence electrons. The molecule has 0 bridgehead atoms. The van der Waals surface area contributed by atoms with Gasteiger partial charge < -0.3 is 10.3 Å². The zero-order chi connectivity index (χ0) is 17.3. The van der Waals surface area contributed by atoms with Gasteiger partial charge in [0, 0.05) is 18.0 Å². The molecule has 5 nitrogen and oxygen atoms in total. The van der Waals surface area contributed by atoms with E-state index in [1.165, 1.54) is 30.4 Å². The van der Waals surface area contributed by atoms with E-state index in [1.54, 1.807) is 0 Å². The molecule has 1 amide bonds. The predicted octanol–water partition coefficient (Wildman–Crippen LogP) is 2.54. The second-order valence-electron chi connectivity index (χ2n) is 7.57. The lowest BCUT2D eigenvalue weighted by molar-refractivity contribution is 0.0918. The summed E-state index contributed by atoms with van der Waals surface area (Å²) >= 11 is 0. The van der Waals surface area contributed by atoms with Crippen molar-refractivity contribution < 1.29 is 13.2 Å². The first-order chi connectivity index (χ1) is 11.3. The van der Waals surface area contributed by atoms with Gasteiger partial charge in [-0.25, -0.2) is 8.42 Å². The third-order valence-electron chi connectivity index (χ3n) is 5.52. The first kappa shape index (κ1) is 17.5. The van der Waals surface area contributed by atoms with Crippen LogP contribution in [0.25, 0.3) is 0 Å². The van der Waals surface area contributed by atoms with Crippen LogP contribution >= 0.6 is 0 Å². The molecule has 6 heteroatoms. The summed E-state index contributed by atoms with van der Waals surface area (Å²) in [6, 6.07) is 0.160. The minimum absolute atomic E-state index is 0.00605. The molecule has 0 saturated heterocycles. The summed E-state index contributed by atoms with van der Waals surface area (Å²) in [6.45, 7) is 2.04. The summed E-state index contributed by atoms with van der Waals surface area (Å²) in [4.78, 5) is 16.0. The molecule has 1 fully saturated rings. The van der Waals surface area contributed by atoms with Gasteiger partial charge in [-0.05, 0) is 75.3 Å². The Morgan fingerprint density at radius 3 is 2.46 bits per heavy atom. The molecule has 2 aliphatic carbocycles. The lowest BCUT2D eigenvalue weighted by Crippen LogP contribution is -2.38. The molecule has 0 atom stereocenters. The van der Waals surface area contributed by atoms with Crippen molar-refractivity contribution in [1.82, 2.24) is 10.3 Å². The third kappa shape index (κ3) is 4.02. The summed E-state index contributed by atoms with van der Waals surface area (Å²) < 4.78 is 22.8. The fourth-order valence-electron chi connectivity index (χ4n) is 4.24. The van der Waals surface area contributed by atoms with Crippen molar-refractivity contribution in [3.05, 3.63) is 22.5 Å². The fraction of sp³-hybridized carbons (Fsp3) is 0.722. The van der Waals surface area contributed by atoms with E-state index in [0.29, 0.717) is 0 Å². The Balaban J connectivity index is 1.58.